The fourth-order valence-electron chi connectivity index (χ4n) is 2.83. The van der Waals surface area contributed by atoms with E-state index in [9.17, 15) is 18.0 Å². The number of carbonyl (C=O) groups excluding carboxylic acids is 1. The molecule has 0 aliphatic carbocycles. The zero-order valence-electron chi connectivity index (χ0n) is 13.0. The molecule has 2 aromatic carbocycles. The summed E-state index contributed by atoms with van der Waals surface area (Å²) in [4.78, 5) is 13.8. The first-order valence-corrected chi connectivity index (χ1v) is 7.51. The summed E-state index contributed by atoms with van der Waals surface area (Å²) in [5.41, 5.74) is 0.275. The molecule has 1 aliphatic heterocycles. The Kier molecular flexibility index (Phi) is 4.22. The van der Waals surface area contributed by atoms with Gasteiger partial charge in [-0.25, -0.2) is 0 Å². The number of carbonyl (C=O) groups is 1. The van der Waals surface area contributed by atoms with Crippen LogP contribution in [0.4, 0.5) is 13.2 Å². The van der Waals surface area contributed by atoms with Crippen LogP contribution in [-0.2, 0) is 23.9 Å². The predicted octanol–water partition coefficient (Wildman–Crippen LogP) is 3.67. The lowest BCUT2D eigenvalue weighted by atomic mass is 10.1. The third-order valence-corrected chi connectivity index (χ3v) is 4.03. The molecule has 1 aliphatic rings. The molecule has 3 rings (SSSR count). The SMILES string of the molecule is CN(Cc1ccccc1C(F)(F)F)C(=O)C1Cc2ccccc2O1. The normalized spacial score (nSPS) is 16.4. The van der Waals surface area contributed by atoms with E-state index in [0.717, 1.165) is 11.6 Å². The van der Waals surface area contributed by atoms with Crippen LogP contribution >= 0.6 is 0 Å². The smallest absolute Gasteiger partial charge is 0.416 e. The van der Waals surface area contributed by atoms with Gasteiger partial charge in [-0.3, -0.25) is 4.79 Å². The van der Waals surface area contributed by atoms with Crippen LogP contribution in [0.1, 0.15) is 16.7 Å². The molecule has 0 saturated heterocycles. The second-order valence-electron chi connectivity index (χ2n) is 5.77. The monoisotopic (exact) mass is 335 g/mol. The Morgan fingerprint density at radius 2 is 1.83 bits per heavy atom. The maximum absolute atomic E-state index is 13.1. The molecule has 0 radical (unpaired) electrons. The molecule has 0 aromatic heterocycles. The van der Waals surface area contributed by atoms with Gasteiger partial charge in [0.1, 0.15) is 5.75 Å². The molecule has 0 fully saturated rings. The summed E-state index contributed by atoms with van der Waals surface area (Å²) in [5, 5.41) is 0. The molecule has 0 saturated carbocycles. The first-order valence-electron chi connectivity index (χ1n) is 7.51. The number of likely N-dealkylation sites (N-methyl/N-ethyl adjacent to an activating group) is 1. The van der Waals surface area contributed by atoms with Crippen LogP contribution in [-0.4, -0.2) is 24.0 Å². The summed E-state index contributed by atoms with van der Waals surface area (Å²) in [7, 11) is 1.49. The van der Waals surface area contributed by atoms with Crippen LogP contribution < -0.4 is 4.74 Å². The molecule has 1 heterocycles. The third-order valence-electron chi connectivity index (χ3n) is 4.03. The summed E-state index contributed by atoms with van der Waals surface area (Å²) >= 11 is 0. The highest BCUT2D eigenvalue weighted by Crippen LogP contribution is 2.33. The molecule has 0 bridgehead atoms. The molecular formula is C18H16F3NO2. The van der Waals surface area contributed by atoms with Gasteiger partial charge in [0, 0.05) is 20.0 Å². The largest absolute Gasteiger partial charge is 0.480 e. The van der Waals surface area contributed by atoms with E-state index in [2.05, 4.69) is 0 Å². The summed E-state index contributed by atoms with van der Waals surface area (Å²) in [6.45, 7) is -0.120. The van der Waals surface area contributed by atoms with E-state index in [0.29, 0.717) is 12.2 Å². The Hall–Kier alpha value is -2.50. The van der Waals surface area contributed by atoms with Gasteiger partial charge in [-0.15, -0.1) is 0 Å². The highest BCUT2D eigenvalue weighted by molar-refractivity contribution is 5.82. The minimum absolute atomic E-state index is 0.0661. The summed E-state index contributed by atoms with van der Waals surface area (Å²) < 4.78 is 44.8. The van der Waals surface area contributed by atoms with Crippen LogP contribution in [0.3, 0.4) is 0 Å². The number of fused-ring (bicyclic) bond motifs is 1. The minimum atomic E-state index is -4.44. The van der Waals surface area contributed by atoms with Crippen molar-refractivity contribution in [2.45, 2.75) is 25.2 Å². The molecule has 1 amide bonds. The van der Waals surface area contributed by atoms with Gasteiger partial charge in [0.2, 0.25) is 0 Å². The van der Waals surface area contributed by atoms with Crippen LogP contribution in [0.15, 0.2) is 48.5 Å². The summed E-state index contributed by atoms with van der Waals surface area (Å²) in [6, 6.07) is 12.6. The van der Waals surface area contributed by atoms with Crippen molar-refractivity contribution in [1.82, 2.24) is 4.90 Å². The number of alkyl halides is 3. The average molecular weight is 335 g/mol. The number of amides is 1. The molecule has 24 heavy (non-hydrogen) atoms. The number of benzene rings is 2. The maximum Gasteiger partial charge on any atom is 0.416 e. The van der Waals surface area contributed by atoms with Gasteiger partial charge in [-0.2, -0.15) is 13.2 Å². The van der Waals surface area contributed by atoms with Crippen LogP contribution in [0.25, 0.3) is 0 Å². The Balaban J connectivity index is 1.73. The van der Waals surface area contributed by atoms with E-state index < -0.39 is 17.8 Å². The van der Waals surface area contributed by atoms with Crippen molar-refractivity contribution in [3.8, 4) is 5.75 Å². The Morgan fingerprint density at radius 3 is 2.54 bits per heavy atom. The Morgan fingerprint density at radius 1 is 1.17 bits per heavy atom. The minimum Gasteiger partial charge on any atom is -0.480 e. The summed E-state index contributed by atoms with van der Waals surface area (Å²) in [6.07, 6.45) is -4.70. The maximum atomic E-state index is 13.1. The van der Waals surface area contributed by atoms with Gasteiger partial charge in [-0.1, -0.05) is 36.4 Å². The lowest BCUT2D eigenvalue weighted by Gasteiger charge is -2.22. The van der Waals surface area contributed by atoms with E-state index in [-0.39, 0.29) is 18.0 Å². The molecular weight excluding hydrogens is 319 g/mol. The second kappa shape index (κ2) is 6.19. The second-order valence-corrected chi connectivity index (χ2v) is 5.77. The average Bonchev–Trinajstić information content (AvgIpc) is 2.97. The third kappa shape index (κ3) is 3.22. The number of hydrogen-bond donors (Lipinski definition) is 0. The van der Waals surface area contributed by atoms with Crippen molar-refractivity contribution in [1.29, 1.82) is 0 Å². The molecule has 126 valence electrons. The first kappa shape index (κ1) is 16.4. The molecule has 1 unspecified atom stereocenters. The number of hydrogen-bond acceptors (Lipinski definition) is 2. The van der Waals surface area contributed by atoms with Crippen molar-refractivity contribution in [2.75, 3.05) is 7.05 Å². The number of para-hydroxylation sites is 1. The standard InChI is InChI=1S/C18H16F3NO2/c1-22(11-13-7-2-4-8-14(13)18(19,20)21)17(23)16-10-12-6-3-5-9-15(12)24-16/h2-9,16H,10-11H2,1H3. The van der Waals surface area contributed by atoms with E-state index in [1.807, 2.05) is 18.2 Å². The zero-order chi connectivity index (χ0) is 17.3. The van der Waals surface area contributed by atoms with Gasteiger partial charge in [0.15, 0.2) is 6.10 Å². The highest BCUT2D eigenvalue weighted by atomic mass is 19.4. The quantitative estimate of drug-likeness (QED) is 0.857. The molecule has 6 heteroatoms. The Labute approximate surface area is 137 Å². The fourth-order valence-corrected chi connectivity index (χ4v) is 2.83. The van der Waals surface area contributed by atoms with Crippen LogP contribution in [0.2, 0.25) is 0 Å². The van der Waals surface area contributed by atoms with Gasteiger partial charge in [0.05, 0.1) is 5.56 Å². The van der Waals surface area contributed by atoms with Gasteiger partial charge in [-0.05, 0) is 23.3 Å². The molecule has 1 atom stereocenters. The van der Waals surface area contributed by atoms with Crippen molar-refractivity contribution >= 4 is 5.91 Å². The van der Waals surface area contributed by atoms with Crippen molar-refractivity contribution < 1.29 is 22.7 Å². The predicted molar refractivity (Wildman–Crippen MR) is 82.5 cm³/mol. The first-order chi connectivity index (χ1) is 11.4. The zero-order valence-corrected chi connectivity index (χ0v) is 13.0. The number of ether oxygens (including phenoxy) is 1. The van der Waals surface area contributed by atoms with E-state index >= 15 is 0 Å². The van der Waals surface area contributed by atoms with Gasteiger partial charge in [0.25, 0.3) is 5.91 Å². The van der Waals surface area contributed by atoms with E-state index in [4.69, 9.17) is 4.74 Å². The van der Waals surface area contributed by atoms with Gasteiger partial charge >= 0.3 is 6.18 Å². The lowest BCUT2D eigenvalue weighted by molar-refractivity contribution is -0.141. The van der Waals surface area contributed by atoms with Crippen molar-refractivity contribution in [2.24, 2.45) is 0 Å². The van der Waals surface area contributed by atoms with Crippen molar-refractivity contribution in [3.63, 3.8) is 0 Å². The van der Waals surface area contributed by atoms with Crippen molar-refractivity contribution in [3.05, 3.63) is 65.2 Å². The van der Waals surface area contributed by atoms with E-state index in [1.165, 1.54) is 30.1 Å². The van der Waals surface area contributed by atoms with Crippen LogP contribution in [0.5, 0.6) is 5.75 Å². The molecule has 0 N–H and O–H groups in total. The van der Waals surface area contributed by atoms with E-state index in [1.54, 1.807) is 6.07 Å². The topological polar surface area (TPSA) is 29.5 Å². The summed E-state index contributed by atoms with van der Waals surface area (Å²) in [5.74, 6) is 0.322. The Bertz CT molecular complexity index is 733. The molecule has 3 nitrogen and oxygen atoms in total. The molecule has 0 spiro atoms. The van der Waals surface area contributed by atoms with Gasteiger partial charge < -0.3 is 9.64 Å². The molecule has 2 aromatic rings. The lowest BCUT2D eigenvalue weighted by Crippen LogP contribution is -2.38. The van der Waals surface area contributed by atoms with Crippen LogP contribution in [0, 0.1) is 0 Å². The number of halogens is 3. The fraction of sp³-hybridized carbons (Fsp3) is 0.278. The number of nitrogens with zero attached hydrogens (tertiary/aromatic N) is 1. The number of rotatable bonds is 3. The highest BCUT2D eigenvalue weighted by Gasteiger charge is 2.35.